The maximum atomic E-state index is 11.7. The molecule has 4 nitrogen and oxygen atoms in total. The predicted octanol–water partition coefficient (Wildman–Crippen LogP) is 0.691. The van der Waals surface area contributed by atoms with Gasteiger partial charge in [0.1, 0.15) is 0 Å². The fourth-order valence-electron chi connectivity index (χ4n) is 1.83. The molecule has 0 unspecified atom stereocenters. The molecule has 0 aliphatic carbocycles. The molecular weight excluding hydrogens is 210 g/mol. The number of nitrogens with one attached hydrogen (secondary N) is 1. The highest BCUT2D eigenvalue weighted by atomic mass is 32.2. The number of hydrogen-bond acceptors (Lipinski definition) is 4. The van der Waals surface area contributed by atoms with Crippen LogP contribution in [0.4, 0.5) is 0 Å². The van der Waals surface area contributed by atoms with Crippen molar-refractivity contribution in [2.45, 2.75) is 19.3 Å². The van der Waals surface area contributed by atoms with E-state index in [0.29, 0.717) is 12.3 Å². The van der Waals surface area contributed by atoms with Crippen molar-refractivity contribution in [2.75, 3.05) is 31.9 Å². The molecule has 1 amide bonds. The molecule has 0 aromatic rings. The van der Waals surface area contributed by atoms with Crippen molar-refractivity contribution in [2.24, 2.45) is 4.99 Å². The van der Waals surface area contributed by atoms with Crippen LogP contribution >= 0.6 is 11.8 Å². The summed E-state index contributed by atoms with van der Waals surface area (Å²) in [5, 5.41) is 4.19. The highest BCUT2D eigenvalue weighted by Gasteiger charge is 2.17. The lowest BCUT2D eigenvalue weighted by atomic mass is 10.4. The summed E-state index contributed by atoms with van der Waals surface area (Å²) in [6.07, 6.45) is 2.99. The molecule has 0 atom stereocenters. The van der Waals surface area contributed by atoms with E-state index in [9.17, 15) is 4.79 Å². The van der Waals surface area contributed by atoms with Gasteiger partial charge in [-0.1, -0.05) is 11.8 Å². The Morgan fingerprint density at radius 2 is 2.27 bits per heavy atom. The average molecular weight is 227 g/mol. The normalized spacial score (nSPS) is 20.3. The summed E-state index contributed by atoms with van der Waals surface area (Å²) in [5.41, 5.74) is 0. The van der Waals surface area contributed by atoms with Gasteiger partial charge in [-0.15, -0.1) is 0 Å². The zero-order valence-electron chi connectivity index (χ0n) is 8.87. The first-order valence-electron chi connectivity index (χ1n) is 5.55. The topological polar surface area (TPSA) is 44.7 Å². The van der Waals surface area contributed by atoms with Crippen LogP contribution in [0.3, 0.4) is 0 Å². The monoisotopic (exact) mass is 227 g/mol. The number of amides is 1. The second-order valence-electron chi connectivity index (χ2n) is 3.80. The van der Waals surface area contributed by atoms with E-state index < -0.39 is 0 Å². The van der Waals surface area contributed by atoms with E-state index in [-0.39, 0.29) is 0 Å². The number of aliphatic imine (C=N–C) groups is 1. The molecule has 5 heteroatoms. The van der Waals surface area contributed by atoms with E-state index in [1.54, 1.807) is 11.8 Å². The molecule has 0 bridgehead atoms. The lowest BCUT2D eigenvalue weighted by Gasteiger charge is -2.14. The van der Waals surface area contributed by atoms with E-state index >= 15 is 0 Å². The van der Waals surface area contributed by atoms with Crippen molar-refractivity contribution in [1.82, 2.24) is 10.2 Å². The minimum absolute atomic E-state index is 0.304. The summed E-state index contributed by atoms with van der Waals surface area (Å²) in [6, 6.07) is 0. The molecule has 2 aliphatic rings. The van der Waals surface area contributed by atoms with Crippen molar-refractivity contribution in [3.05, 3.63) is 0 Å². The summed E-state index contributed by atoms with van der Waals surface area (Å²) in [5.74, 6) is 1.15. The van der Waals surface area contributed by atoms with Gasteiger partial charge in [0.15, 0.2) is 5.17 Å². The Morgan fingerprint density at radius 3 is 2.93 bits per heavy atom. The Kier molecular flexibility index (Phi) is 3.88. The van der Waals surface area contributed by atoms with Gasteiger partial charge in [0.2, 0.25) is 5.91 Å². The zero-order chi connectivity index (χ0) is 10.5. The SMILES string of the molecule is O=C(CCSC1=NCCN1)N1CCCC1. The fraction of sp³-hybridized carbons (Fsp3) is 0.800. The summed E-state index contributed by atoms with van der Waals surface area (Å²) < 4.78 is 0. The number of rotatable bonds is 3. The molecule has 1 fully saturated rings. The third-order valence-electron chi connectivity index (χ3n) is 2.66. The molecule has 1 N–H and O–H groups in total. The van der Waals surface area contributed by atoms with Crippen LogP contribution in [0.1, 0.15) is 19.3 Å². The van der Waals surface area contributed by atoms with Crippen molar-refractivity contribution in [3.63, 3.8) is 0 Å². The number of amidine groups is 1. The Labute approximate surface area is 94.5 Å². The van der Waals surface area contributed by atoms with Gasteiger partial charge in [-0.2, -0.15) is 0 Å². The van der Waals surface area contributed by atoms with Gasteiger partial charge in [-0.3, -0.25) is 9.79 Å². The smallest absolute Gasteiger partial charge is 0.223 e. The zero-order valence-corrected chi connectivity index (χ0v) is 9.68. The van der Waals surface area contributed by atoms with Gasteiger partial charge in [0.25, 0.3) is 0 Å². The second kappa shape index (κ2) is 5.39. The van der Waals surface area contributed by atoms with E-state index in [2.05, 4.69) is 10.3 Å². The molecule has 84 valence electrons. The largest absolute Gasteiger partial charge is 0.363 e. The van der Waals surface area contributed by atoms with Crippen LogP contribution in [0.2, 0.25) is 0 Å². The Balaban J connectivity index is 1.62. The molecule has 0 spiro atoms. The van der Waals surface area contributed by atoms with E-state index in [1.165, 1.54) is 12.8 Å². The second-order valence-corrected chi connectivity index (χ2v) is 4.88. The molecule has 0 radical (unpaired) electrons. The van der Waals surface area contributed by atoms with Crippen molar-refractivity contribution in [1.29, 1.82) is 0 Å². The van der Waals surface area contributed by atoms with E-state index in [4.69, 9.17) is 0 Å². The van der Waals surface area contributed by atoms with Gasteiger partial charge in [-0.05, 0) is 12.8 Å². The van der Waals surface area contributed by atoms with Crippen molar-refractivity contribution in [3.8, 4) is 0 Å². The van der Waals surface area contributed by atoms with Crippen LogP contribution in [-0.2, 0) is 4.79 Å². The van der Waals surface area contributed by atoms with Gasteiger partial charge in [-0.25, -0.2) is 0 Å². The van der Waals surface area contributed by atoms with Crippen LogP contribution in [0.15, 0.2) is 4.99 Å². The minimum Gasteiger partial charge on any atom is -0.363 e. The lowest BCUT2D eigenvalue weighted by molar-refractivity contribution is -0.129. The van der Waals surface area contributed by atoms with E-state index in [1.807, 2.05) is 4.90 Å². The van der Waals surface area contributed by atoms with Crippen molar-refractivity contribution < 1.29 is 4.79 Å². The lowest BCUT2D eigenvalue weighted by Crippen LogP contribution is -2.28. The Bertz CT molecular complexity index is 261. The molecule has 2 heterocycles. The summed E-state index contributed by atoms with van der Waals surface area (Å²) >= 11 is 1.66. The molecule has 0 aromatic heterocycles. The Morgan fingerprint density at radius 1 is 1.47 bits per heavy atom. The molecule has 0 saturated carbocycles. The number of nitrogens with zero attached hydrogens (tertiary/aromatic N) is 2. The Hall–Kier alpha value is -0.710. The van der Waals surface area contributed by atoms with Crippen LogP contribution in [0.5, 0.6) is 0 Å². The predicted molar refractivity (Wildman–Crippen MR) is 63.2 cm³/mol. The first kappa shape index (κ1) is 10.8. The number of thioether (sulfide) groups is 1. The third-order valence-corrected chi connectivity index (χ3v) is 3.61. The van der Waals surface area contributed by atoms with E-state index in [0.717, 1.165) is 37.1 Å². The van der Waals surface area contributed by atoms with Crippen LogP contribution in [0, 0.1) is 0 Å². The standard InChI is InChI=1S/C10H17N3OS/c14-9(13-6-1-2-7-13)3-8-15-10-11-4-5-12-10/h1-8H2,(H,11,12). The van der Waals surface area contributed by atoms with Gasteiger partial charge in [0, 0.05) is 31.8 Å². The van der Waals surface area contributed by atoms with Gasteiger partial charge < -0.3 is 10.2 Å². The molecular formula is C10H17N3OS. The number of carbonyl (C=O) groups excluding carboxylic acids is 1. The maximum absolute atomic E-state index is 11.7. The summed E-state index contributed by atoms with van der Waals surface area (Å²) in [7, 11) is 0. The molecule has 0 aromatic carbocycles. The molecule has 15 heavy (non-hydrogen) atoms. The maximum Gasteiger partial charge on any atom is 0.223 e. The molecule has 2 rings (SSSR count). The van der Waals surface area contributed by atoms with Crippen LogP contribution < -0.4 is 5.32 Å². The van der Waals surface area contributed by atoms with Crippen molar-refractivity contribution >= 4 is 22.8 Å². The minimum atomic E-state index is 0.304. The number of carbonyl (C=O) groups is 1. The first-order chi connectivity index (χ1) is 7.36. The number of likely N-dealkylation sites (tertiary alicyclic amines) is 1. The molecule has 2 aliphatic heterocycles. The summed E-state index contributed by atoms with van der Waals surface area (Å²) in [4.78, 5) is 17.9. The summed E-state index contributed by atoms with van der Waals surface area (Å²) in [6.45, 7) is 3.75. The fourth-order valence-corrected chi connectivity index (χ4v) is 2.69. The van der Waals surface area contributed by atoms with Crippen LogP contribution in [0.25, 0.3) is 0 Å². The third kappa shape index (κ3) is 3.12. The number of hydrogen-bond donors (Lipinski definition) is 1. The van der Waals surface area contributed by atoms with Crippen LogP contribution in [-0.4, -0.2) is 47.9 Å². The molecule has 1 saturated heterocycles. The highest BCUT2D eigenvalue weighted by molar-refractivity contribution is 8.13. The van der Waals surface area contributed by atoms with Gasteiger partial charge >= 0.3 is 0 Å². The average Bonchev–Trinajstić information content (AvgIpc) is 2.90. The van der Waals surface area contributed by atoms with Gasteiger partial charge in [0.05, 0.1) is 6.54 Å². The quantitative estimate of drug-likeness (QED) is 0.771. The first-order valence-corrected chi connectivity index (χ1v) is 6.54. The highest BCUT2D eigenvalue weighted by Crippen LogP contribution is 2.12.